The monoisotopic (exact) mass is 340 g/mol. The highest BCUT2D eigenvalue weighted by atomic mass is 35.5. The molecule has 1 aromatic rings. The van der Waals surface area contributed by atoms with Gasteiger partial charge in [0.15, 0.2) is 0 Å². The Morgan fingerprint density at radius 2 is 1.87 bits per heavy atom. The zero-order valence-corrected chi connectivity index (χ0v) is 15.3. The minimum Gasteiger partial charge on any atom is -0.491 e. The lowest BCUT2D eigenvalue weighted by molar-refractivity contribution is -0.128. The molecule has 0 saturated carbocycles. The van der Waals surface area contributed by atoms with Crippen molar-refractivity contribution in [2.45, 2.75) is 64.6 Å². The van der Waals surface area contributed by atoms with Crippen molar-refractivity contribution >= 4 is 18.3 Å². The average Bonchev–Trinajstić information content (AvgIpc) is 2.48. The Balaban J connectivity index is 0.00000264. The van der Waals surface area contributed by atoms with Crippen LogP contribution >= 0.6 is 12.4 Å². The van der Waals surface area contributed by atoms with E-state index in [9.17, 15) is 4.79 Å². The number of carbonyl (C=O) groups is 1. The predicted molar refractivity (Wildman–Crippen MR) is 96.3 cm³/mol. The number of hydrogen-bond acceptors (Lipinski definition) is 3. The number of amides is 1. The first-order chi connectivity index (χ1) is 10.4. The van der Waals surface area contributed by atoms with Gasteiger partial charge in [0, 0.05) is 0 Å². The number of halogens is 1. The van der Waals surface area contributed by atoms with Crippen molar-refractivity contribution in [3.8, 4) is 5.75 Å². The Hall–Kier alpha value is -1.26. The maximum Gasteiger partial charge on any atom is 0.240 e. The Bertz CT molecular complexity index is 496. The van der Waals surface area contributed by atoms with Gasteiger partial charge in [-0.2, -0.15) is 0 Å². The lowest BCUT2D eigenvalue weighted by atomic mass is 9.89. The zero-order valence-electron chi connectivity index (χ0n) is 14.5. The van der Waals surface area contributed by atoms with E-state index in [0.717, 1.165) is 37.1 Å². The van der Waals surface area contributed by atoms with Gasteiger partial charge < -0.3 is 15.4 Å². The number of ether oxygens (including phenoxy) is 1. The largest absolute Gasteiger partial charge is 0.491 e. The Labute approximate surface area is 145 Å². The maximum absolute atomic E-state index is 12.5. The molecule has 1 aromatic carbocycles. The summed E-state index contributed by atoms with van der Waals surface area (Å²) in [4.78, 5) is 12.5. The van der Waals surface area contributed by atoms with E-state index in [2.05, 4.69) is 10.6 Å². The summed E-state index contributed by atoms with van der Waals surface area (Å²) in [5.74, 6) is 0.945. The second kappa shape index (κ2) is 8.55. The molecule has 1 heterocycles. The van der Waals surface area contributed by atoms with Crippen LogP contribution in [0.15, 0.2) is 24.3 Å². The number of carbonyl (C=O) groups excluding carboxylic acids is 1. The van der Waals surface area contributed by atoms with Crippen LogP contribution in [0.1, 0.15) is 58.6 Å². The van der Waals surface area contributed by atoms with Crippen molar-refractivity contribution in [2.75, 3.05) is 6.54 Å². The van der Waals surface area contributed by atoms with Gasteiger partial charge in [-0.25, -0.2) is 0 Å². The number of hydrogen-bond donors (Lipinski definition) is 2. The molecule has 1 aliphatic heterocycles. The molecular formula is C18H29ClN2O2. The summed E-state index contributed by atoms with van der Waals surface area (Å²) in [5, 5.41) is 6.48. The smallest absolute Gasteiger partial charge is 0.240 e. The summed E-state index contributed by atoms with van der Waals surface area (Å²) >= 11 is 0. The topological polar surface area (TPSA) is 50.4 Å². The van der Waals surface area contributed by atoms with Crippen LogP contribution in [0.25, 0.3) is 0 Å². The van der Waals surface area contributed by atoms with Crippen molar-refractivity contribution in [3.05, 3.63) is 29.8 Å². The van der Waals surface area contributed by atoms with E-state index in [1.54, 1.807) is 0 Å². The molecule has 2 atom stereocenters. The highest BCUT2D eigenvalue weighted by molar-refractivity contribution is 5.86. The van der Waals surface area contributed by atoms with Gasteiger partial charge in [-0.1, -0.05) is 12.1 Å². The molecule has 2 unspecified atom stereocenters. The number of benzene rings is 1. The molecule has 23 heavy (non-hydrogen) atoms. The first-order valence-electron chi connectivity index (χ1n) is 8.23. The molecule has 1 saturated heterocycles. The lowest BCUT2D eigenvalue weighted by Crippen LogP contribution is -2.57. The SMILES string of the molecule is CC(C)Oc1ccc(C(C)NC(=O)C2(C)CCCCN2)cc1.Cl. The Morgan fingerprint density at radius 1 is 1.22 bits per heavy atom. The molecule has 4 nitrogen and oxygen atoms in total. The summed E-state index contributed by atoms with van der Waals surface area (Å²) < 4.78 is 5.64. The van der Waals surface area contributed by atoms with E-state index in [-0.39, 0.29) is 30.5 Å². The third kappa shape index (κ3) is 5.40. The van der Waals surface area contributed by atoms with E-state index >= 15 is 0 Å². The molecule has 1 fully saturated rings. The van der Waals surface area contributed by atoms with Gasteiger partial charge in [0.1, 0.15) is 5.75 Å². The third-order valence-electron chi connectivity index (χ3n) is 4.22. The average molecular weight is 341 g/mol. The fraction of sp³-hybridized carbons (Fsp3) is 0.611. The van der Waals surface area contributed by atoms with Gasteiger partial charge in [-0.3, -0.25) is 4.79 Å². The molecule has 1 aliphatic rings. The number of nitrogens with one attached hydrogen (secondary N) is 2. The normalized spacial score (nSPS) is 22.1. The van der Waals surface area contributed by atoms with Crippen molar-refractivity contribution in [1.29, 1.82) is 0 Å². The van der Waals surface area contributed by atoms with E-state index in [1.807, 2.05) is 52.0 Å². The fourth-order valence-electron chi connectivity index (χ4n) is 2.80. The van der Waals surface area contributed by atoms with Gasteiger partial charge in [0.25, 0.3) is 0 Å². The molecule has 0 radical (unpaired) electrons. The first-order valence-corrected chi connectivity index (χ1v) is 8.23. The minimum atomic E-state index is -0.437. The van der Waals surface area contributed by atoms with Gasteiger partial charge in [-0.15, -0.1) is 12.4 Å². The van der Waals surface area contributed by atoms with E-state index in [4.69, 9.17) is 4.74 Å². The second-order valence-electron chi connectivity index (χ2n) is 6.65. The van der Waals surface area contributed by atoms with E-state index in [0.29, 0.717) is 0 Å². The van der Waals surface area contributed by atoms with Crippen molar-refractivity contribution in [1.82, 2.24) is 10.6 Å². The molecule has 0 spiro atoms. The van der Waals surface area contributed by atoms with Crippen molar-refractivity contribution < 1.29 is 9.53 Å². The van der Waals surface area contributed by atoms with Crippen molar-refractivity contribution in [2.24, 2.45) is 0 Å². The first kappa shape index (κ1) is 19.8. The molecule has 1 amide bonds. The predicted octanol–water partition coefficient (Wildman–Crippen LogP) is 3.61. The minimum absolute atomic E-state index is 0. The summed E-state index contributed by atoms with van der Waals surface area (Å²) in [6.45, 7) is 8.94. The Morgan fingerprint density at radius 3 is 2.39 bits per heavy atom. The van der Waals surface area contributed by atoms with Crippen LogP contribution in [0.2, 0.25) is 0 Å². The molecule has 2 N–H and O–H groups in total. The summed E-state index contributed by atoms with van der Waals surface area (Å²) in [7, 11) is 0. The molecule has 130 valence electrons. The molecule has 5 heteroatoms. The molecule has 0 aliphatic carbocycles. The van der Waals surface area contributed by atoms with Crippen molar-refractivity contribution in [3.63, 3.8) is 0 Å². The fourth-order valence-corrected chi connectivity index (χ4v) is 2.80. The highest BCUT2D eigenvalue weighted by Crippen LogP contribution is 2.22. The zero-order chi connectivity index (χ0) is 16.2. The van der Waals surface area contributed by atoms with Crippen LogP contribution in [0.3, 0.4) is 0 Å². The molecule has 0 bridgehead atoms. The molecule has 0 aromatic heterocycles. The lowest BCUT2D eigenvalue weighted by Gasteiger charge is -2.34. The maximum atomic E-state index is 12.5. The van der Waals surface area contributed by atoms with E-state index < -0.39 is 5.54 Å². The van der Waals surface area contributed by atoms with Crippen LogP contribution in [-0.2, 0) is 4.79 Å². The third-order valence-corrected chi connectivity index (χ3v) is 4.22. The van der Waals surface area contributed by atoms with Crippen LogP contribution in [0, 0.1) is 0 Å². The van der Waals surface area contributed by atoms with Crippen LogP contribution in [0.5, 0.6) is 5.75 Å². The van der Waals surface area contributed by atoms with E-state index in [1.165, 1.54) is 0 Å². The van der Waals surface area contributed by atoms with Gasteiger partial charge >= 0.3 is 0 Å². The summed E-state index contributed by atoms with van der Waals surface area (Å²) in [5.41, 5.74) is 0.650. The van der Waals surface area contributed by atoms with Crippen LogP contribution < -0.4 is 15.4 Å². The summed E-state index contributed by atoms with van der Waals surface area (Å²) in [6, 6.07) is 7.93. The molecule has 2 rings (SSSR count). The standard InChI is InChI=1S/C18H28N2O2.ClH/c1-13(2)22-16-9-7-15(8-10-16)14(3)20-17(21)18(4)11-5-6-12-19-18;/h7-10,13-14,19H,5-6,11-12H2,1-4H3,(H,20,21);1H. The van der Waals surface area contributed by atoms with Gasteiger partial charge in [0.05, 0.1) is 17.7 Å². The van der Waals surface area contributed by atoms with Gasteiger partial charge in [0.2, 0.25) is 5.91 Å². The quantitative estimate of drug-likeness (QED) is 0.861. The summed E-state index contributed by atoms with van der Waals surface area (Å²) in [6.07, 6.45) is 3.31. The molecular weight excluding hydrogens is 312 g/mol. The van der Waals surface area contributed by atoms with Gasteiger partial charge in [-0.05, 0) is 71.2 Å². The second-order valence-corrected chi connectivity index (χ2v) is 6.65. The number of rotatable bonds is 5. The highest BCUT2D eigenvalue weighted by Gasteiger charge is 2.34. The Kier molecular flexibility index (Phi) is 7.36. The van der Waals surface area contributed by atoms with Crippen LogP contribution in [-0.4, -0.2) is 24.1 Å². The number of piperidine rings is 1. The van der Waals surface area contributed by atoms with Crippen LogP contribution in [0.4, 0.5) is 0 Å².